The van der Waals surface area contributed by atoms with Crippen molar-refractivity contribution in [1.29, 1.82) is 0 Å². The molecule has 9 heteroatoms. The monoisotopic (exact) mass is 477 g/mol. The topological polar surface area (TPSA) is 107 Å². The van der Waals surface area contributed by atoms with Crippen molar-refractivity contribution >= 4 is 28.9 Å². The summed E-state index contributed by atoms with van der Waals surface area (Å²) in [6.07, 6.45) is 0.806. The van der Waals surface area contributed by atoms with Gasteiger partial charge in [0.25, 0.3) is 5.91 Å². The molecule has 2 amide bonds. The molecule has 0 bridgehead atoms. The summed E-state index contributed by atoms with van der Waals surface area (Å²) in [5.74, 6) is 1.59. The van der Waals surface area contributed by atoms with Gasteiger partial charge in [0.05, 0.1) is 45.4 Å². The van der Waals surface area contributed by atoms with E-state index in [-0.39, 0.29) is 18.4 Å². The third-order valence-electron chi connectivity index (χ3n) is 5.28. The Morgan fingerprint density at radius 2 is 1.51 bits per heavy atom. The molecule has 0 saturated carbocycles. The van der Waals surface area contributed by atoms with Crippen LogP contribution in [0.4, 0.5) is 17.1 Å². The average molecular weight is 478 g/mol. The molecular formula is C26H27N3O6. The predicted molar refractivity (Wildman–Crippen MR) is 133 cm³/mol. The van der Waals surface area contributed by atoms with E-state index >= 15 is 0 Å². The number of rotatable bonds is 8. The van der Waals surface area contributed by atoms with E-state index in [1.165, 1.54) is 14.2 Å². The van der Waals surface area contributed by atoms with Crippen molar-refractivity contribution in [1.82, 2.24) is 0 Å². The zero-order valence-corrected chi connectivity index (χ0v) is 19.6. The van der Waals surface area contributed by atoms with Gasteiger partial charge in [-0.05, 0) is 24.3 Å². The quantitative estimate of drug-likeness (QED) is 0.447. The van der Waals surface area contributed by atoms with Crippen LogP contribution in [0.1, 0.15) is 16.8 Å². The summed E-state index contributed by atoms with van der Waals surface area (Å²) in [4.78, 5) is 25.1. The van der Waals surface area contributed by atoms with Crippen LogP contribution in [0.5, 0.6) is 23.0 Å². The number of fused-ring (bicyclic) bond motifs is 1. The Balaban J connectivity index is 1.42. The number of anilines is 3. The molecule has 1 heterocycles. The fourth-order valence-corrected chi connectivity index (χ4v) is 3.54. The lowest BCUT2D eigenvalue weighted by Crippen LogP contribution is -2.22. The summed E-state index contributed by atoms with van der Waals surface area (Å²) < 4.78 is 22.2. The Morgan fingerprint density at radius 1 is 0.829 bits per heavy atom. The number of amides is 2. The van der Waals surface area contributed by atoms with Crippen LogP contribution in [0.15, 0.2) is 60.7 Å². The minimum atomic E-state index is -0.277. The Hall–Kier alpha value is -4.40. The molecule has 0 atom stereocenters. The molecule has 0 saturated heterocycles. The maximum atomic E-state index is 12.6. The number of hydrogen-bond acceptors (Lipinski definition) is 7. The van der Waals surface area contributed by atoms with Crippen LogP contribution in [0.2, 0.25) is 0 Å². The zero-order valence-electron chi connectivity index (χ0n) is 19.6. The molecular weight excluding hydrogens is 450 g/mol. The van der Waals surface area contributed by atoms with Gasteiger partial charge in [-0.2, -0.15) is 0 Å². The zero-order chi connectivity index (χ0) is 24.6. The lowest BCUT2D eigenvalue weighted by molar-refractivity contribution is -0.114. The highest BCUT2D eigenvalue weighted by atomic mass is 16.5. The number of hydrogen-bond donors (Lipinski definition) is 3. The van der Waals surface area contributed by atoms with E-state index < -0.39 is 0 Å². The van der Waals surface area contributed by atoms with Gasteiger partial charge >= 0.3 is 0 Å². The van der Waals surface area contributed by atoms with Crippen LogP contribution >= 0.6 is 0 Å². The van der Waals surface area contributed by atoms with Crippen LogP contribution < -0.4 is 34.9 Å². The molecule has 0 aliphatic carbocycles. The molecule has 0 unspecified atom stereocenters. The second-order valence-electron chi connectivity index (χ2n) is 7.69. The molecule has 1 aliphatic heterocycles. The fourth-order valence-electron chi connectivity index (χ4n) is 3.54. The van der Waals surface area contributed by atoms with E-state index in [9.17, 15) is 9.59 Å². The predicted octanol–water partition coefficient (Wildman–Crippen LogP) is 4.17. The average Bonchev–Trinajstić information content (AvgIpc) is 3.13. The highest BCUT2D eigenvalue weighted by molar-refractivity contribution is 6.05. The van der Waals surface area contributed by atoms with E-state index in [0.29, 0.717) is 58.8 Å². The first kappa shape index (κ1) is 23.7. The molecule has 4 rings (SSSR count). The van der Waals surface area contributed by atoms with E-state index in [2.05, 4.69) is 16.0 Å². The van der Waals surface area contributed by atoms with Crippen molar-refractivity contribution < 1.29 is 28.5 Å². The van der Waals surface area contributed by atoms with E-state index in [1.54, 1.807) is 54.6 Å². The summed E-state index contributed by atoms with van der Waals surface area (Å²) in [5.41, 5.74) is 2.10. The maximum absolute atomic E-state index is 12.6. The number of nitrogens with one attached hydrogen (secondary N) is 3. The van der Waals surface area contributed by atoms with Crippen LogP contribution in [-0.4, -0.2) is 45.8 Å². The van der Waals surface area contributed by atoms with Crippen LogP contribution in [-0.2, 0) is 4.79 Å². The molecule has 35 heavy (non-hydrogen) atoms. The summed E-state index contributed by atoms with van der Waals surface area (Å²) in [6.45, 7) is 1.14. The molecule has 3 aromatic carbocycles. The Labute approximate surface area is 203 Å². The van der Waals surface area contributed by atoms with E-state index in [4.69, 9.17) is 18.9 Å². The standard InChI is InChI=1S/C26H27N3O6/c1-32-22-15-20(29-26(31)17-7-4-3-5-8-17)23(33-2)14-19(22)27-16-25(30)28-18-9-10-21-24(13-18)35-12-6-11-34-21/h3-5,7-10,13-15,27H,6,11-12,16H2,1-2H3,(H,28,30)(H,29,31). The molecule has 3 aromatic rings. The third kappa shape index (κ3) is 5.94. The van der Waals surface area contributed by atoms with E-state index in [0.717, 1.165) is 6.42 Å². The minimum Gasteiger partial charge on any atom is -0.495 e. The van der Waals surface area contributed by atoms with Gasteiger partial charge in [0.15, 0.2) is 11.5 Å². The van der Waals surface area contributed by atoms with Crippen molar-refractivity contribution in [2.24, 2.45) is 0 Å². The lowest BCUT2D eigenvalue weighted by Gasteiger charge is -2.17. The van der Waals surface area contributed by atoms with Crippen LogP contribution in [0.3, 0.4) is 0 Å². The highest BCUT2D eigenvalue weighted by Gasteiger charge is 2.16. The van der Waals surface area contributed by atoms with Gasteiger partial charge in [-0.15, -0.1) is 0 Å². The molecule has 0 fully saturated rings. The molecule has 9 nitrogen and oxygen atoms in total. The first-order valence-corrected chi connectivity index (χ1v) is 11.1. The van der Waals surface area contributed by atoms with Crippen molar-refractivity contribution in [2.75, 3.05) is 49.9 Å². The molecule has 182 valence electrons. The Bertz CT molecular complexity index is 1200. The largest absolute Gasteiger partial charge is 0.495 e. The third-order valence-corrected chi connectivity index (χ3v) is 5.28. The Kier molecular flexibility index (Phi) is 7.57. The van der Waals surface area contributed by atoms with Crippen LogP contribution in [0, 0.1) is 0 Å². The normalized spacial score (nSPS) is 12.2. The summed E-state index contributed by atoms with van der Waals surface area (Å²) in [6, 6.07) is 17.4. The smallest absolute Gasteiger partial charge is 0.255 e. The second kappa shape index (κ2) is 11.1. The first-order chi connectivity index (χ1) is 17.1. The number of carbonyl (C=O) groups excluding carboxylic acids is 2. The van der Waals surface area contributed by atoms with Gasteiger partial charge in [0.2, 0.25) is 5.91 Å². The minimum absolute atomic E-state index is 0.0241. The number of benzene rings is 3. The molecule has 1 aliphatic rings. The van der Waals surface area contributed by atoms with Crippen LogP contribution in [0.25, 0.3) is 0 Å². The fraction of sp³-hybridized carbons (Fsp3) is 0.231. The number of methoxy groups -OCH3 is 2. The highest BCUT2D eigenvalue weighted by Crippen LogP contribution is 2.37. The van der Waals surface area contributed by atoms with Crippen molar-refractivity contribution in [2.45, 2.75) is 6.42 Å². The van der Waals surface area contributed by atoms with Crippen molar-refractivity contribution in [3.8, 4) is 23.0 Å². The lowest BCUT2D eigenvalue weighted by atomic mass is 10.2. The van der Waals surface area contributed by atoms with Gasteiger partial charge < -0.3 is 34.9 Å². The number of ether oxygens (including phenoxy) is 4. The van der Waals surface area contributed by atoms with E-state index in [1.807, 2.05) is 6.07 Å². The Morgan fingerprint density at radius 3 is 2.26 bits per heavy atom. The van der Waals surface area contributed by atoms with Crippen molar-refractivity contribution in [3.05, 3.63) is 66.2 Å². The molecule has 3 N–H and O–H groups in total. The first-order valence-electron chi connectivity index (χ1n) is 11.1. The summed E-state index contributed by atoms with van der Waals surface area (Å²) in [7, 11) is 3.01. The molecule has 0 spiro atoms. The SMILES string of the molecule is COc1cc(NC(=O)c2ccccc2)c(OC)cc1NCC(=O)Nc1ccc2c(c1)OCCCO2. The van der Waals surface area contributed by atoms with Gasteiger partial charge in [0.1, 0.15) is 11.5 Å². The van der Waals surface area contributed by atoms with Crippen molar-refractivity contribution in [3.63, 3.8) is 0 Å². The van der Waals surface area contributed by atoms with Gasteiger partial charge in [-0.1, -0.05) is 18.2 Å². The summed E-state index contributed by atoms with van der Waals surface area (Å²) in [5, 5.41) is 8.73. The maximum Gasteiger partial charge on any atom is 0.255 e. The molecule has 0 radical (unpaired) electrons. The van der Waals surface area contributed by atoms with Gasteiger partial charge in [-0.25, -0.2) is 0 Å². The van der Waals surface area contributed by atoms with Gasteiger partial charge in [-0.3, -0.25) is 9.59 Å². The second-order valence-corrected chi connectivity index (χ2v) is 7.69. The molecule has 0 aromatic heterocycles. The number of carbonyl (C=O) groups is 2. The summed E-state index contributed by atoms with van der Waals surface area (Å²) >= 11 is 0. The van der Waals surface area contributed by atoms with Gasteiger partial charge in [0, 0.05) is 35.9 Å².